The van der Waals surface area contributed by atoms with Crippen molar-refractivity contribution in [2.24, 2.45) is 0 Å². The SMILES string of the molecule is Cc1ccc(C(=O)CCC(=O)NC2CCN(C(=O)OCc3ccccc3)CC2)cc1. The van der Waals surface area contributed by atoms with E-state index in [1.54, 1.807) is 17.0 Å². The van der Waals surface area contributed by atoms with E-state index < -0.39 is 0 Å². The van der Waals surface area contributed by atoms with Gasteiger partial charge in [-0.2, -0.15) is 0 Å². The molecule has 6 heteroatoms. The molecule has 1 aliphatic heterocycles. The van der Waals surface area contributed by atoms with Crippen molar-refractivity contribution in [2.75, 3.05) is 13.1 Å². The molecule has 0 atom stereocenters. The zero-order valence-electron chi connectivity index (χ0n) is 17.3. The van der Waals surface area contributed by atoms with Gasteiger partial charge < -0.3 is 15.0 Å². The fourth-order valence-corrected chi connectivity index (χ4v) is 3.43. The Morgan fingerprint density at radius 2 is 1.63 bits per heavy atom. The number of nitrogens with one attached hydrogen (secondary N) is 1. The van der Waals surface area contributed by atoms with Gasteiger partial charge in [-0.05, 0) is 25.3 Å². The fourth-order valence-electron chi connectivity index (χ4n) is 3.43. The molecule has 0 aromatic heterocycles. The Morgan fingerprint density at radius 1 is 0.967 bits per heavy atom. The van der Waals surface area contributed by atoms with Gasteiger partial charge in [0.15, 0.2) is 5.78 Å². The summed E-state index contributed by atoms with van der Waals surface area (Å²) in [6.45, 7) is 3.31. The molecule has 1 N–H and O–H groups in total. The minimum absolute atomic E-state index is 0.0187. The molecule has 0 bridgehead atoms. The fraction of sp³-hybridized carbons (Fsp3) is 0.375. The van der Waals surface area contributed by atoms with Crippen molar-refractivity contribution >= 4 is 17.8 Å². The van der Waals surface area contributed by atoms with E-state index in [0.29, 0.717) is 31.5 Å². The number of hydrogen-bond acceptors (Lipinski definition) is 4. The normalized spacial score (nSPS) is 14.2. The predicted molar refractivity (Wildman–Crippen MR) is 114 cm³/mol. The van der Waals surface area contributed by atoms with Crippen molar-refractivity contribution in [3.8, 4) is 0 Å². The summed E-state index contributed by atoms with van der Waals surface area (Å²) in [5.41, 5.74) is 2.68. The second kappa shape index (κ2) is 10.6. The van der Waals surface area contributed by atoms with Crippen molar-refractivity contribution in [1.82, 2.24) is 10.2 Å². The summed E-state index contributed by atoms with van der Waals surface area (Å²) in [4.78, 5) is 38.3. The molecule has 0 spiro atoms. The number of rotatable bonds is 7. The maximum absolute atomic E-state index is 12.2. The number of aryl methyl sites for hydroxylation is 1. The first-order valence-electron chi connectivity index (χ1n) is 10.4. The number of ketones is 1. The molecule has 1 heterocycles. The van der Waals surface area contributed by atoms with Gasteiger partial charge in [0.2, 0.25) is 5.91 Å². The number of benzene rings is 2. The summed E-state index contributed by atoms with van der Waals surface area (Å²) >= 11 is 0. The average Bonchev–Trinajstić information content (AvgIpc) is 2.77. The van der Waals surface area contributed by atoms with Crippen LogP contribution in [0, 0.1) is 6.92 Å². The molecule has 0 radical (unpaired) electrons. The maximum Gasteiger partial charge on any atom is 0.410 e. The number of Topliss-reactive ketones (excluding diaryl/α,β-unsaturated/α-hetero) is 1. The van der Waals surface area contributed by atoms with Gasteiger partial charge in [0.25, 0.3) is 0 Å². The van der Waals surface area contributed by atoms with Crippen LogP contribution in [-0.4, -0.2) is 41.8 Å². The highest BCUT2D eigenvalue weighted by Gasteiger charge is 2.25. The molecule has 158 valence electrons. The first kappa shape index (κ1) is 21.6. The molecule has 3 rings (SSSR count). The summed E-state index contributed by atoms with van der Waals surface area (Å²) in [6, 6.07) is 17.0. The minimum Gasteiger partial charge on any atom is -0.445 e. The monoisotopic (exact) mass is 408 g/mol. The number of amides is 2. The number of ether oxygens (including phenoxy) is 1. The van der Waals surface area contributed by atoms with Crippen molar-refractivity contribution in [3.05, 3.63) is 71.3 Å². The summed E-state index contributed by atoms with van der Waals surface area (Å²) in [5, 5.41) is 2.98. The van der Waals surface area contributed by atoms with Crippen LogP contribution in [0.15, 0.2) is 54.6 Å². The van der Waals surface area contributed by atoms with E-state index in [4.69, 9.17) is 4.74 Å². The molecule has 1 fully saturated rings. The second-order valence-corrected chi connectivity index (χ2v) is 7.66. The van der Waals surface area contributed by atoms with Crippen LogP contribution in [0.2, 0.25) is 0 Å². The number of carbonyl (C=O) groups excluding carboxylic acids is 3. The quantitative estimate of drug-likeness (QED) is 0.706. The topological polar surface area (TPSA) is 75.7 Å². The Balaban J connectivity index is 1.34. The van der Waals surface area contributed by atoms with Gasteiger partial charge >= 0.3 is 6.09 Å². The van der Waals surface area contributed by atoms with E-state index in [9.17, 15) is 14.4 Å². The van der Waals surface area contributed by atoms with Crippen molar-refractivity contribution in [2.45, 2.75) is 45.3 Å². The number of likely N-dealkylation sites (tertiary alicyclic amines) is 1. The molecule has 2 aromatic rings. The van der Waals surface area contributed by atoms with E-state index >= 15 is 0 Å². The largest absolute Gasteiger partial charge is 0.445 e. The maximum atomic E-state index is 12.2. The Labute approximate surface area is 177 Å². The van der Waals surface area contributed by atoms with Gasteiger partial charge in [-0.1, -0.05) is 60.2 Å². The van der Waals surface area contributed by atoms with Crippen molar-refractivity contribution < 1.29 is 19.1 Å². The Bertz CT molecular complexity index is 857. The average molecular weight is 408 g/mol. The Morgan fingerprint density at radius 3 is 2.30 bits per heavy atom. The highest BCUT2D eigenvalue weighted by atomic mass is 16.6. The summed E-state index contributed by atoms with van der Waals surface area (Å²) in [6.07, 6.45) is 1.40. The highest BCUT2D eigenvalue weighted by Crippen LogP contribution is 2.13. The summed E-state index contributed by atoms with van der Waals surface area (Å²) in [5.74, 6) is -0.151. The lowest BCUT2D eigenvalue weighted by molar-refractivity contribution is -0.122. The Kier molecular flexibility index (Phi) is 7.60. The molecule has 6 nitrogen and oxygen atoms in total. The minimum atomic E-state index is -0.327. The molecule has 2 aromatic carbocycles. The lowest BCUT2D eigenvalue weighted by atomic mass is 10.0. The van der Waals surface area contributed by atoms with E-state index in [-0.39, 0.29) is 43.3 Å². The van der Waals surface area contributed by atoms with Gasteiger partial charge in [-0.3, -0.25) is 9.59 Å². The molecule has 2 amide bonds. The van der Waals surface area contributed by atoms with Crippen LogP contribution in [0.25, 0.3) is 0 Å². The molecular formula is C24H28N2O4. The van der Waals surface area contributed by atoms with Gasteiger partial charge in [-0.15, -0.1) is 0 Å². The van der Waals surface area contributed by atoms with Crippen LogP contribution in [0.5, 0.6) is 0 Å². The number of nitrogens with zero attached hydrogens (tertiary/aromatic N) is 1. The van der Waals surface area contributed by atoms with Crippen LogP contribution in [-0.2, 0) is 16.1 Å². The lowest BCUT2D eigenvalue weighted by Crippen LogP contribution is -2.46. The van der Waals surface area contributed by atoms with Crippen LogP contribution in [0.1, 0.15) is 47.2 Å². The van der Waals surface area contributed by atoms with E-state index in [1.165, 1.54) is 0 Å². The van der Waals surface area contributed by atoms with Gasteiger partial charge in [0.05, 0.1) is 0 Å². The molecule has 0 aliphatic carbocycles. The first-order valence-corrected chi connectivity index (χ1v) is 10.4. The number of hydrogen-bond donors (Lipinski definition) is 1. The van der Waals surface area contributed by atoms with Gasteiger partial charge in [0.1, 0.15) is 6.61 Å². The van der Waals surface area contributed by atoms with Gasteiger partial charge in [0, 0.05) is 37.5 Å². The molecular weight excluding hydrogens is 380 g/mol. The van der Waals surface area contributed by atoms with Gasteiger partial charge in [-0.25, -0.2) is 4.79 Å². The predicted octanol–water partition coefficient (Wildman–Crippen LogP) is 3.88. The van der Waals surface area contributed by atoms with Crippen molar-refractivity contribution in [3.63, 3.8) is 0 Å². The summed E-state index contributed by atoms with van der Waals surface area (Å²) in [7, 11) is 0. The molecule has 1 saturated heterocycles. The third kappa shape index (κ3) is 6.44. The third-order valence-corrected chi connectivity index (χ3v) is 5.28. The lowest BCUT2D eigenvalue weighted by Gasteiger charge is -2.31. The standard InChI is InChI=1S/C24H28N2O4/c1-18-7-9-20(10-8-18)22(27)11-12-23(28)25-21-13-15-26(16-14-21)24(29)30-17-19-5-3-2-4-6-19/h2-10,21H,11-17H2,1H3,(H,25,28). The zero-order valence-corrected chi connectivity index (χ0v) is 17.3. The first-order chi connectivity index (χ1) is 14.5. The summed E-state index contributed by atoms with van der Waals surface area (Å²) < 4.78 is 5.36. The smallest absolute Gasteiger partial charge is 0.410 e. The highest BCUT2D eigenvalue weighted by molar-refractivity contribution is 5.98. The van der Waals surface area contributed by atoms with Crippen LogP contribution >= 0.6 is 0 Å². The molecule has 30 heavy (non-hydrogen) atoms. The molecule has 0 unspecified atom stereocenters. The van der Waals surface area contributed by atoms with Crippen LogP contribution in [0.4, 0.5) is 4.79 Å². The van der Waals surface area contributed by atoms with Crippen molar-refractivity contribution in [1.29, 1.82) is 0 Å². The second-order valence-electron chi connectivity index (χ2n) is 7.66. The van der Waals surface area contributed by atoms with E-state index in [2.05, 4.69) is 5.32 Å². The number of piperidine rings is 1. The van der Waals surface area contributed by atoms with E-state index in [1.807, 2.05) is 49.4 Å². The van der Waals surface area contributed by atoms with E-state index in [0.717, 1.165) is 11.1 Å². The zero-order chi connectivity index (χ0) is 21.3. The third-order valence-electron chi connectivity index (χ3n) is 5.28. The molecule has 0 saturated carbocycles. The molecule has 1 aliphatic rings. The number of carbonyl (C=O) groups is 3. The van der Waals surface area contributed by atoms with Crippen LogP contribution < -0.4 is 5.32 Å². The Hall–Kier alpha value is -3.15. The van der Waals surface area contributed by atoms with Crippen LogP contribution in [0.3, 0.4) is 0 Å².